The summed E-state index contributed by atoms with van der Waals surface area (Å²) < 4.78 is 49.1. The van der Waals surface area contributed by atoms with Gasteiger partial charge in [-0.05, 0) is 26.7 Å². The molecule has 13 heteroatoms. The first-order valence-corrected chi connectivity index (χ1v) is 14.6. The van der Waals surface area contributed by atoms with E-state index in [-0.39, 0.29) is 66.0 Å². The normalized spacial score (nSPS) is 26.5. The van der Waals surface area contributed by atoms with Gasteiger partial charge in [0.2, 0.25) is 5.91 Å². The molecule has 0 bridgehead atoms. The lowest BCUT2D eigenvalue weighted by Crippen LogP contribution is -2.44. The molecule has 182 valence electrons. The summed E-state index contributed by atoms with van der Waals surface area (Å²) in [4.78, 5) is 26.9. The molecule has 0 saturated carbocycles. The number of aryl methyl sites for hydroxylation is 1. The summed E-state index contributed by atoms with van der Waals surface area (Å²) in [5.74, 6) is -0.486. The molecule has 0 N–H and O–H groups in total. The predicted molar refractivity (Wildman–Crippen MR) is 121 cm³/mol. The lowest BCUT2D eigenvalue weighted by Gasteiger charge is -2.29. The molecule has 0 spiro atoms. The zero-order chi connectivity index (χ0) is 24.1. The Balaban J connectivity index is 1.50. The molecule has 0 aromatic carbocycles. The second-order valence-electron chi connectivity index (χ2n) is 9.15. The van der Waals surface area contributed by atoms with E-state index in [1.807, 2.05) is 13.8 Å². The number of hydrogen-bond donors (Lipinski definition) is 0. The number of hydrazone groups is 1. The molecule has 1 aromatic rings. The van der Waals surface area contributed by atoms with E-state index in [1.54, 1.807) is 11.7 Å². The fourth-order valence-corrected chi connectivity index (χ4v) is 8.14. The molecule has 0 aliphatic carbocycles. The SMILES string of the molecule is Cc1nn(C2CCS(=O)(=O)C2)c(C)c1CN(C)C(=O)C1=NN(C2CCS(=O)(=O)C2)C(=O)CC1. The number of sulfone groups is 2. The fraction of sp³-hybridized carbons (Fsp3) is 0.700. The summed E-state index contributed by atoms with van der Waals surface area (Å²) in [6, 6.07) is -0.727. The van der Waals surface area contributed by atoms with Crippen LogP contribution in [0.4, 0.5) is 0 Å². The van der Waals surface area contributed by atoms with Gasteiger partial charge in [0.1, 0.15) is 5.71 Å². The highest BCUT2D eigenvalue weighted by Crippen LogP contribution is 2.28. The van der Waals surface area contributed by atoms with E-state index in [9.17, 15) is 26.4 Å². The van der Waals surface area contributed by atoms with Crippen LogP contribution in [0.2, 0.25) is 0 Å². The van der Waals surface area contributed by atoms with Crippen LogP contribution < -0.4 is 0 Å². The van der Waals surface area contributed by atoms with Crippen molar-refractivity contribution < 1.29 is 26.4 Å². The first kappa shape index (κ1) is 23.9. The highest BCUT2D eigenvalue weighted by molar-refractivity contribution is 7.91. The van der Waals surface area contributed by atoms with Gasteiger partial charge in [-0.2, -0.15) is 10.2 Å². The van der Waals surface area contributed by atoms with Crippen LogP contribution in [-0.2, 0) is 35.8 Å². The number of hydrogen-bond acceptors (Lipinski definition) is 8. The molecule has 33 heavy (non-hydrogen) atoms. The zero-order valence-corrected chi connectivity index (χ0v) is 20.7. The molecule has 2 unspecified atom stereocenters. The highest BCUT2D eigenvalue weighted by atomic mass is 32.2. The van der Waals surface area contributed by atoms with Gasteiger partial charge in [0.05, 0.1) is 40.8 Å². The molecule has 4 rings (SSSR count). The van der Waals surface area contributed by atoms with Gasteiger partial charge in [-0.3, -0.25) is 14.3 Å². The second-order valence-corrected chi connectivity index (χ2v) is 13.6. The van der Waals surface area contributed by atoms with E-state index in [4.69, 9.17) is 0 Å². The van der Waals surface area contributed by atoms with E-state index >= 15 is 0 Å². The van der Waals surface area contributed by atoms with Crippen LogP contribution in [0.25, 0.3) is 0 Å². The van der Waals surface area contributed by atoms with Crippen molar-refractivity contribution in [3.05, 3.63) is 17.0 Å². The minimum atomic E-state index is -3.19. The highest BCUT2D eigenvalue weighted by Gasteiger charge is 2.38. The number of nitrogens with zero attached hydrogens (tertiary/aromatic N) is 5. The Hall–Kier alpha value is -2.28. The summed E-state index contributed by atoms with van der Waals surface area (Å²) in [7, 11) is -4.60. The van der Waals surface area contributed by atoms with Gasteiger partial charge < -0.3 is 4.90 Å². The largest absolute Gasteiger partial charge is 0.336 e. The van der Waals surface area contributed by atoms with Crippen molar-refractivity contribution in [2.45, 2.75) is 58.2 Å². The van der Waals surface area contributed by atoms with Gasteiger partial charge in [-0.25, -0.2) is 21.8 Å². The van der Waals surface area contributed by atoms with E-state index in [0.717, 1.165) is 17.0 Å². The van der Waals surface area contributed by atoms with Gasteiger partial charge in [-0.1, -0.05) is 0 Å². The lowest BCUT2D eigenvalue weighted by atomic mass is 10.1. The summed E-state index contributed by atoms with van der Waals surface area (Å²) in [5, 5.41) is 9.99. The topological polar surface area (TPSA) is 139 Å². The van der Waals surface area contributed by atoms with Crippen LogP contribution in [0, 0.1) is 13.8 Å². The number of carbonyl (C=O) groups excluding carboxylic acids is 2. The van der Waals surface area contributed by atoms with Crippen molar-refractivity contribution >= 4 is 37.2 Å². The molecular weight excluding hydrogens is 470 g/mol. The van der Waals surface area contributed by atoms with Gasteiger partial charge in [-0.15, -0.1) is 0 Å². The van der Waals surface area contributed by atoms with Crippen molar-refractivity contribution in [3.8, 4) is 0 Å². The molecule has 2 amide bonds. The molecule has 2 saturated heterocycles. The molecule has 3 aliphatic heterocycles. The first-order valence-electron chi connectivity index (χ1n) is 11.0. The maximum Gasteiger partial charge on any atom is 0.270 e. The minimum Gasteiger partial charge on any atom is -0.336 e. The second kappa shape index (κ2) is 8.49. The van der Waals surface area contributed by atoms with Crippen LogP contribution >= 0.6 is 0 Å². The zero-order valence-electron chi connectivity index (χ0n) is 19.0. The third-order valence-electron chi connectivity index (χ3n) is 6.63. The van der Waals surface area contributed by atoms with Crippen LogP contribution in [0.1, 0.15) is 48.7 Å². The molecule has 0 radical (unpaired) electrons. The van der Waals surface area contributed by atoms with Crippen molar-refractivity contribution in [1.82, 2.24) is 19.7 Å². The van der Waals surface area contributed by atoms with Crippen molar-refractivity contribution in [1.29, 1.82) is 0 Å². The molecule has 4 heterocycles. The summed E-state index contributed by atoms with van der Waals surface area (Å²) >= 11 is 0. The van der Waals surface area contributed by atoms with E-state index in [0.29, 0.717) is 12.8 Å². The van der Waals surface area contributed by atoms with Crippen LogP contribution in [0.5, 0.6) is 0 Å². The Kier molecular flexibility index (Phi) is 6.14. The molecule has 3 aliphatic rings. The van der Waals surface area contributed by atoms with E-state index in [2.05, 4.69) is 10.2 Å². The van der Waals surface area contributed by atoms with Crippen LogP contribution in [0.3, 0.4) is 0 Å². The Morgan fingerprint density at radius 2 is 1.64 bits per heavy atom. The van der Waals surface area contributed by atoms with Crippen molar-refractivity contribution in [3.63, 3.8) is 0 Å². The van der Waals surface area contributed by atoms with Crippen molar-refractivity contribution in [2.24, 2.45) is 5.10 Å². The fourth-order valence-electron chi connectivity index (χ4n) is 4.76. The van der Waals surface area contributed by atoms with Crippen LogP contribution in [0.15, 0.2) is 5.10 Å². The van der Waals surface area contributed by atoms with Gasteiger partial charge in [0.25, 0.3) is 5.91 Å². The van der Waals surface area contributed by atoms with Gasteiger partial charge in [0, 0.05) is 37.7 Å². The average Bonchev–Trinajstić information content (AvgIpc) is 3.37. The quantitative estimate of drug-likeness (QED) is 0.555. The van der Waals surface area contributed by atoms with Crippen molar-refractivity contribution in [2.75, 3.05) is 30.1 Å². The lowest BCUT2D eigenvalue weighted by molar-refractivity contribution is -0.134. The number of amides is 2. The Morgan fingerprint density at radius 1 is 1.03 bits per heavy atom. The Labute approximate surface area is 193 Å². The Morgan fingerprint density at radius 3 is 2.21 bits per heavy atom. The third-order valence-corrected chi connectivity index (χ3v) is 10.1. The monoisotopic (exact) mass is 499 g/mol. The molecule has 2 fully saturated rings. The van der Waals surface area contributed by atoms with Gasteiger partial charge >= 0.3 is 0 Å². The first-order chi connectivity index (χ1) is 15.4. The van der Waals surface area contributed by atoms with E-state index < -0.39 is 25.7 Å². The standard InChI is InChI=1S/C20H29N5O6S2/c1-13-17(14(2)24(21-13)15-6-8-32(28,29)11-15)10-23(3)20(27)18-4-5-19(26)25(22-18)16-7-9-33(30,31)12-16/h15-16H,4-12H2,1-3H3. The number of carbonyl (C=O) groups is 2. The number of aromatic nitrogens is 2. The van der Waals surface area contributed by atoms with Crippen LogP contribution in [-0.4, -0.2) is 90.2 Å². The molecular formula is C20H29N5O6S2. The predicted octanol–water partition coefficient (Wildman–Crippen LogP) is -0.0166. The molecule has 1 aromatic heterocycles. The number of rotatable bonds is 5. The maximum atomic E-state index is 13.1. The minimum absolute atomic E-state index is 0.0188. The summed E-state index contributed by atoms with van der Waals surface area (Å²) in [6.07, 6.45) is 1.16. The maximum absolute atomic E-state index is 13.1. The smallest absolute Gasteiger partial charge is 0.270 e. The van der Waals surface area contributed by atoms with Gasteiger partial charge in [0.15, 0.2) is 19.7 Å². The Bertz CT molecular complexity index is 1230. The average molecular weight is 500 g/mol. The van der Waals surface area contributed by atoms with E-state index in [1.165, 1.54) is 9.91 Å². The summed E-state index contributed by atoms with van der Waals surface area (Å²) in [5.41, 5.74) is 2.63. The molecule has 11 nitrogen and oxygen atoms in total. The summed E-state index contributed by atoms with van der Waals surface area (Å²) in [6.45, 7) is 3.97. The third kappa shape index (κ3) is 4.84. The molecule has 2 atom stereocenters.